The average molecular weight is 215 g/mol. The molecule has 1 fully saturated rings. The summed E-state index contributed by atoms with van der Waals surface area (Å²) in [5, 5.41) is 0. The first-order valence-corrected chi connectivity index (χ1v) is 6.00. The largest absolute Gasteiger partial charge is 0.383 e. The molecule has 0 bridgehead atoms. The number of hydrogen-bond acceptors (Lipinski definition) is 2. The van der Waals surface area contributed by atoms with Gasteiger partial charge in [-0.3, -0.25) is 4.40 Å². The summed E-state index contributed by atoms with van der Waals surface area (Å²) in [4.78, 5) is 4.67. The van der Waals surface area contributed by atoms with Crippen molar-refractivity contribution in [3.63, 3.8) is 0 Å². The summed E-state index contributed by atoms with van der Waals surface area (Å²) in [5.41, 5.74) is 9.50. The minimum atomic E-state index is 0.584. The zero-order valence-corrected chi connectivity index (χ0v) is 9.61. The fourth-order valence-corrected chi connectivity index (χ4v) is 2.69. The molecule has 0 aromatic carbocycles. The van der Waals surface area contributed by atoms with Crippen LogP contribution in [-0.2, 0) is 0 Å². The number of hydrogen-bond donors (Lipinski definition) is 1. The third-order valence-corrected chi connectivity index (χ3v) is 3.57. The minimum absolute atomic E-state index is 0.584. The molecule has 3 heteroatoms. The van der Waals surface area contributed by atoms with Crippen LogP contribution in [0.1, 0.15) is 42.9 Å². The number of fused-ring (bicyclic) bond motifs is 1. The highest BCUT2D eigenvalue weighted by atomic mass is 15.1. The van der Waals surface area contributed by atoms with Gasteiger partial charge < -0.3 is 5.73 Å². The van der Waals surface area contributed by atoms with Crippen LogP contribution in [0, 0.1) is 6.92 Å². The normalized spacial score (nSPS) is 17.3. The van der Waals surface area contributed by atoms with Gasteiger partial charge >= 0.3 is 0 Å². The Morgan fingerprint density at radius 3 is 2.81 bits per heavy atom. The van der Waals surface area contributed by atoms with E-state index in [0.29, 0.717) is 5.92 Å². The summed E-state index contributed by atoms with van der Waals surface area (Å²) in [6.07, 6.45) is 7.18. The highest BCUT2D eigenvalue weighted by molar-refractivity contribution is 5.54. The second-order valence-corrected chi connectivity index (χ2v) is 4.80. The topological polar surface area (TPSA) is 43.3 Å². The quantitative estimate of drug-likeness (QED) is 0.794. The van der Waals surface area contributed by atoms with Crippen molar-refractivity contribution in [1.82, 2.24) is 9.38 Å². The van der Waals surface area contributed by atoms with Gasteiger partial charge in [0.1, 0.15) is 11.5 Å². The standard InChI is InChI=1S/C13H17N3/c1-9-6-7-11-15-12(10-4-2-3-5-10)13(14)16(11)8-9/h6-8,10H,2-5,14H2,1H3. The van der Waals surface area contributed by atoms with Gasteiger partial charge in [0.15, 0.2) is 0 Å². The van der Waals surface area contributed by atoms with Crippen molar-refractivity contribution in [3.05, 3.63) is 29.6 Å². The van der Waals surface area contributed by atoms with Gasteiger partial charge in [0.2, 0.25) is 0 Å². The maximum Gasteiger partial charge on any atom is 0.138 e. The lowest BCUT2D eigenvalue weighted by Gasteiger charge is -2.05. The van der Waals surface area contributed by atoms with Crippen LogP contribution in [-0.4, -0.2) is 9.38 Å². The lowest BCUT2D eigenvalue weighted by Crippen LogP contribution is -2.00. The smallest absolute Gasteiger partial charge is 0.138 e. The maximum atomic E-state index is 6.19. The number of aromatic nitrogens is 2. The van der Waals surface area contributed by atoms with Crippen LogP contribution in [0.3, 0.4) is 0 Å². The molecule has 0 atom stereocenters. The van der Waals surface area contributed by atoms with Crippen molar-refractivity contribution in [1.29, 1.82) is 0 Å². The molecule has 3 nitrogen and oxygen atoms in total. The van der Waals surface area contributed by atoms with Crippen LogP contribution in [0.2, 0.25) is 0 Å². The van der Waals surface area contributed by atoms with Crippen LogP contribution in [0.4, 0.5) is 5.82 Å². The van der Waals surface area contributed by atoms with Gasteiger partial charge in [0, 0.05) is 12.1 Å². The molecule has 2 aromatic rings. The second-order valence-electron chi connectivity index (χ2n) is 4.80. The molecule has 2 aromatic heterocycles. The molecule has 84 valence electrons. The van der Waals surface area contributed by atoms with Crippen LogP contribution in [0.15, 0.2) is 18.3 Å². The Morgan fingerprint density at radius 2 is 2.06 bits per heavy atom. The zero-order valence-electron chi connectivity index (χ0n) is 9.61. The van der Waals surface area contributed by atoms with Crippen molar-refractivity contribution in [2.45, 2.75) is 38.5 Å². The number of imidazole rings is 1. The lowest BCUT2D eigenvalue weighted by molar-refractivity contribution is 0.706. The molecule has 1 aliphatic rings. The van der Waals surface area contributed by atoms with E-state index in [-0.39, 0.29) is 0 Å². The molecule has 0 unspecified atom stereocenters. The average Bonchev–Trinajstić information content (AvgIpc) is 2.87. The number of aryl methyl sites for hydroxylation is 1. The molecule has 0 saturated heterocycles. The Labute approximate surface area is 95.3 Å². The van der Waals surface area contributed by atoms with E-state index in [9.17, 15) is 0 Å². The first kappa shape index (κ1) is 9.70. The van der Waals surface area contributed by atoms with Gasteiger partial charge in [0.25, 0.3) is 0 Å². The highest BCUT2D eigenvalue weighted by Crippen LogP contribution is 2.36. The number of nitrogens with two attached hydrogens (primary N) is 1. The van der Waals surface area contributed by atoms with E-state index < -0.39 is 0 Å². The summed E-state index contributed by atoms with van der Waals surface area (Å²) in [6.45, 7) is 2.08. The number of nitrogens with zero attached hydrogens (tertiary/aromatic N) is 2. The maximum absolute atomic E-state index is 6.19. The van der Waals surface area contributed by atoms with E-state index in [1.165, 1.54) is 31.2 Å². The SMILES string of the molecule is Cc1ccc2nc(C3CCCC3)c(N)n2c1. The molecule has 2 N–H and O–H groups in total. The monoisotopic (exact) mass is 215 g/mol. The number of nitrogen functional groups attached to an aromatic ring is 1. The van der Waals surface area contributed by atoms with E-state index in [0.717, 1.165) is 17.2 Å². The van der Waals surface area contributed by atoms with E-state index in [1.54, 1.807) is 0 Å². The first-order valence-electron chi connectivity index (χ1n) is 6.00. The van der Waals surface area contributed by atoms with Crippen molar-refractivity contribution < 1.29 is 0 Å². The molecule has 1 saturated carbocycles. The predicted octanol–water partition coefficient (Wildman–Crippen LogP) is 2.88. The number of pyridine rings is 1. The van der Waals surface area contributed by atoms with Crippen LogP contribution >= 0.6 is 0 Å². The molecule has 0 aliphatic heterocycles. The Hall–Kier alpha value is -1.51. The first-order chi connectivity index (χ1) is 7.75. The fourth-order valence-electron chi connectivity index (χ4n) is 2.69. The van der Waals surface area contributed by atoms with E-state index in [1.807, 2.05) is 10.5 Å². The fraction of sp³-hybridized carbons (Fsp3) is 0.462. The Morgan fingerprint density at radius 1 is 1.31 bits per heavy atom. The third-order valence-electron chi connectivity index (χ3n) is 3.57. The van der Waals surface area contributed by atoms with Crippen LogP contribution < -0.4 is 5.73 Å². The molecule has 2 heterocycles. The molecule has 0 spiro atoms. The Kier molecular flexibility index (Phi) is 2.13. The van der Waals surface area contributed by atoms with Gasteiger partial charge in [-0.1, -0.05) is 18.9 Å². The molecule has 1 aliphatic carbocycles. The van der Waals surface area contributed by atoms with Crippen molar-refractivity contribution in [3.8, 4) is 0 Å². The van der Waals surface area contributed by atoms with Gasteiger partial charge in [-0.15, -0.1) is 0 Å². The van der Waals surface area contributed by atoms with Crippen molar-refractivity contribution >= 4 is 11.5 Å². The van der Waals surface area contributed by atoms with Crippen LogP contribution in [0.5, 0.6) is 0 Å². The Balaban J connectivity index is 2.15. The third kappa shape index (κ3) is 1.39. The molecule has 0 radical (unpaired) electrons. The van der Waals surface area contributed by atoms with E-state index in [2.05, 4.69) is 24.2 Å². The molecule has 3 rings (SSSR count). The van der Waals surface area contributed by atoms with Gasteiger partial charge in [-0.2, -0.15) is 0 Å². The summed E-state index contributed by atoms with van der Waals surface area (Å²) >= 11 is 0. The molecular weight excluding hydrogens is 198 g/mol. The summed E-state index contributed by atoms with van der Waals surface area (Å²) in [6, 6.07) is 4.13. The van der Waals surface area contributed by atoms with Gasteiger partial charge in [0.05, 0.1) is 5.69 Å². The van der Waals surface area contributed by atoms with Gasteiger partial charge in [-0.05, 0) is 31.4 Å². The minimum Gasteiger partial charge on any atom is -0.383 e. The molecule has 16 heavy (non-hydrogen) atoms. The van der Waals surface area contributed by atoms with Crippen molar-refractivity contribution in [2.75, 3.05) is 5.73 Å². The number of rotatable bonds is 1. The molecule has 0 amide bonds. The van der Waals surface area contributed by atoms with E-state index >= 15 is 0 Å². The zero-order chi connectivity index (χ0) is 11.1. The summed E-state index contributed by atoms with van der Waals surface area (Å²) < 4.78 is 2.02. The van der Waals surface area contributed by atoms with Gasteiger partial charge in [-0.25, -0.2) is 4.98 Å². The number of anilines is 1. The predicted molar refractivity (Wildman–Crippen MR) is 65.6 cm³/mol. The second kappa shape index (κ2) is 3.51. The summed E-state index contributed by atoms with van der Waals surface area (Å²) in [5.74, 6) is 1.42. The van der Waals surface area contributed by atoms with Crippen LogP contribution in [0.25, 0.3) is 5.65 Å². The molecular formula is C13H17N3. The van der Waals surface area contributed by atoms with E-state index in [4.69, 9.17) is 5.73 Å². The Bertz CT molecular complexity index is 521. The lowest BCUT2D eigenvalue weighted by atomic mass is 10.0. The summed E-state index contributed by atoms with van der Waals surface area (Å²) in [7, 11) is 0. The van der Waals surface area contributed by atoms with Crippen molar-refractivity contribution in [2.24, 2.45) is 0 Å². The highest BCUT2D eigenvalue weighted by Gasteiger charge is 2.23.